The van der Waals surface area contributed by atoms with Gasteiger partial charge in [0.05, 0.1) is 0 Å². The second-order valence-corrected chi connectivity index (χ2v) is 6.01. The first-order valence-electron chi connectivity index (χ1n) is 6.20. The van der Waals surface area contributed by atoms with Gasteiger partial charge in [-0.2, -0.15) is 13.2 Å². The Morgan fingerprint density at radius 1 is 1.32 bits per heavy atom. The molecule has 0 aliphatic carbocycles. The summed E-state index contributed by atoms with van der Waals surface area (Å²) < 4.78 is 40.0. The molecular weight excluding hydrogens is 275 g/mol. The van der Waals surface area contributed by atoms with Crippen molar-refractivity contribution in [2.45, 2.75) is 31.9 Å². The van der Waals surface area contributed by atoms with Gasteiger partial charge in [0.1, 0.15) is 6.61 Å². The fourth-order valence-electron chi connectivity index (χ4n) is 1.64. The van der Waals surface area contributed by atoms with Gasteiger partial charge in [-0.05, 0) is 24.4 Å². The maximum atomic E-state index is 11.8. The van der Waals surface area contributed by atoms with Gasteiger partial charge in [-0.3, -0.25) is 0 Å². The molecule has 0 unspecified atom stereocenters. The van der Waals surface area contributed by atoms with E-state index in [2.05, 4.69) is 30.0 Å². The van der Waals surface area contributed by atoms with Gasteiger partial charge in [-0.1, -0.05) is 19.9 Å². The van der Waals surface area contributed by atoms with Crippen molar-refractivity contribution < 1.29 is 17.9 Å². The smallest absolute Gasteiger partial charge is 0.372 e. The molecule has 0 spiro atoms. The number of rotatable bonds is 8. The van der Waals surface area contributed by atoms with Crippen LogP contribution >= 0.6 is 11.3 Å². The number of hydrogen-bond donors (Lipinski definition) is 1. The molecule has 110 valence electrons. The number of nitrogens with one attached hydrogen (secondary N) is 1. The largest absolute Gasteiger partial charge is 0.411 e. The molecule has 0 fully saturated rings. The Morgan fingerprint density at radius 2 is 2.05 bits per heavy atom. The lowest BCUT2D eigenvalue weighted by Crippen LogP contribution is -2.33. The molecular formula is C13H20F3NOS. The van der Waals surface area contributed by atoms with E-state index in [9.17, 15) is 13.2 Å². The van der Waals surface area contributed by atoms with Crippen molar-refractivity contribution >= 4 is 11.3 Å². The minimum atomic E-state index is -4.23. The van der Waals surface area contributed by atoms with E-state index in [0.717, 1.165) is 6.54 Å². The highest BCUT2D eigenvalue weighted by atomic mass is 32.1. The Hall–Kier alpha value is -0.590. The van der Waals surface area contributed by atoms with Gasteiger partial charge < -0.3 is 10.1 Å². The highest BCUT2D eigenvalue weighted by Gasteiger charge is 2.27. The molecule has 1 heterocycles. The molecule has 0 aliphatic rings. The molecule has 0 saturated heterocycles. The predicted octanol–water partition coefficient (Wildman–Crippen LogP) is 3.58. The number of thiophene rings is 1. The topological polar surface area (TPSA) is 21.3 Å². The maximum Gasteiger partial charge on any atom is 0.411 e. The molecule has 0 aliphatic heterocycles. The van der Waals surface area contributed by atoms with Crippen LogP contribution in [0.2, 0.25) is 0 Å². The zero-order valence-electron chi connectivity index (χ0n) is 11.2. The molecule has 6 heteroatoms. The summed E-state index contributed by atoms with van der Waals surface area (Å²) in [5.41, 5.74) is 0.0427. The molecule has 1 N–H and O–H groups in total. The van der Waals surface area contributed by atoms with E-state index in [0.29, 0.717) is 13.0 Å². The first-order chi connectivity index (χ1) is 8.81. The Bertz CT molecular complexity index is 349. The standard InChI is InChI=1S/C13H20F3NOS/c1-12(2,11-5-3-8-19-11)9-17-6-4-7-18-10-13(14,15)16/h3,5,8,17H,4,6-7,9-10H2,1-2H3. The van der Waals surface area contributed by atoms with Gasteiger partial charge in [0.25, 0.3) is 0 Å². The van der Waals surface area contributed by atoms with Gasteiger partial charge in [0, 0.05) is 23.4 Å². The summed E-state index contributed by atoms with van der Waals surface area (Å²) in [5.74, 6) is 0. The Morgan fingerprint density at radius 3 is 2.63 bits per heavy atom. The third-order valence-electron chi connectivity index (χ3n) is 2.66. The first kappa shape index (κ1) is 16.5. The van der Waals surface area contributed by atoms with Crippen LogP contribution in [-0.2, 0) is 10.2 Å². The third kappa shape index (κ3) is 6.94. The molecule has 19 heavy (non-hydrogen) atoms. The number of alkyl halides is 3. The van der Waals surface area contributed by atoms with Crippen LogP contribution in [0.15, 0.2) is 17.5 Å². The second kappa shape index (κ2) is 7.26. The average molecular weight is 295 g/mol. The highest BCUT2D eigenvalue weighted by Crippen LogP contribution is 2.26. The number of halogens is 3. The lowest BCUT2D eigenvalue weighted by molar-refractivity contribution is -0.173. The Kier molecular flexibility index (Phi) is 6.29. The monoisotopic (exact) mass is 295 g/mol. The molecule has 0 saturated carbocycles. The number of hydrogen-bond acceptors (Lipinski definition) is 3. The summed E-state index contributed by atoms with van der Waals surface area (Å²) in [6.07, 6.45) is -3.65. The summed E-state index contributed by atoms with van der Waals surface area (Å²) in [5, 5.41) is 5.30. The summed E-state index contributed by atoms with van der Waals surface area (Å²) in [6.45, 7) is 4.72. The van der Waals surface area contributed by atoms with Crippen LogP contribution in [-0.4, -0.2) is 32.5 Å². The molecule has 1 rings (SSSR count). The molecule has 0 aromatic carbocycles. The van der Waals surface area contributed by atoms with E-state index in [1.807, 2.05) is 11.4 Å². The summed E-state index contributed by atoms with van der Waals surface area (Å²) in [4.78, 5) is 1.30. The summed E-state index contributed by atoms with van der Waals surface area (Å²) in [6, 6.07) is 4.12. The van der Waals surface area contributed by atoms with Gasteiger partial charge in [0.2, 0.25) is 0 Å². The first-order valence-corrected chi connectivity index (χ1v) is 7.08. The van der Waals surface area contributed by atoms with Crippen LogP contribution in [0, 0.1) is 0 Å². The molecule has 0 atom stereocenters. The van der Waals surface area contributed by atoms with E-state index in [-0.39, 0.29) is 12.0 Å². The molecule has 1 aromatic heterocycles. The molecule has 0 radical (unpaired) electrons. The van der Waals surface area contributed by atoms with Gasteiger partial charge in [-0.15, -0.1) is 11.3 Å². The zero-order valence-corrected chi connectivity index (χ0v) is 12.0. The van der Waals surface area contributed by atoms with Crippen LogP contribution < -0.4 is 5.32 Å². The number of ether oxygens (including phenoxy) is 1. The summed E-state index contributed by atoms with van der Waals surface area (Å²) in [7, 11) is 0. The van der Waals surface area contributed by atoms with E-state index in [4.69, 9.17) is 0 Å². The molecule has 2 nitrogen and oxygen atoms in total. The van der Waals surface area contributed by atoms with Crippen LogP contribution in [0.5, 0.6) is 0 Å². The van der Waals surface area contributed by atoms with E-state index in [1.54, 1.807) is 11.3 Å². The SMILES string of the molecule is CC(C)(CNCCCOCC(F)(F)F)c1cccs1. The third-order valence-corrected chi connectivity index (χ3v) is 3.90. The molecule has 1 aromatic rings. The normalized spacial score (nSPS) is 12.9. The van der Waals surface area contributed by atoms with Gasteiger partial charge >= 0.3 is 6.18 Å². The predicted molar refractivity (Wildman–Crippen MR) is 71.7 cm³/mol. The van der Waals surface area contributed by atoms with Gasteiger partial charge in [0.15, 0.2) is 0 Å². The molecule has 0 bridgehead atoms. The zero-order chi connectivity index (χ0) is 14.4. The minimum Gasteiger partial charge on any atom is -0.372 e. The lowest BCUT2D eigenvalue weighted by atomic mass is 9.91. The van der Waals surface area contributed by atoms with Crippen molar-refractivity contribution in [2.24, 2.45) is 0 Å². The van der Waals surface area contributed by atoms with Crippen LogP contribution in [0.4, 0.5) is 13.2 Å². The van der Waals surface area contributed by atoms with Crippen molar-refractivity contribution in [3.05, 3.63) is 22.4 Å². The highest BCUT2D eigenvalue weighted by molar-refractivity contribution is 7.10. The Balaban J connectivity index is 2.08. The van der Waals surface area contributed by atoms with Crippen molar-refractivity contribution in [2.75, 3.05) is 26.3 Å². The van der Waals surface area contributed by atoms with Crippen molar-refractivity contribution in [3.8, 4) is 0 Å². The quantitative estimate of drug-likeness (QED) is 0.740. The van der Waals surface area contributed by atoms with E-state index < -0.39 is 12.8 Å². The van der Waals surface area contributed by atoms with Crippen molar-refractivity contribution in [1.82, 2.24) is 5.32 Å². The van der Waals surface area contributed by atoms with Gasteiger partial charge in [-0.25, -0.2) is 0 Å². The second-order valence-electron chi connectivity index (χ2n) is 5.06. The fourth-order valence-corrected chi connectivity index (χ4v) is 2.49. The minimum absolute atomic E-state index is 0.0427. The van der Waals surface area contributed by atoms with Crippen molar-refractivity contribution in [1.29, 1.82) is 0 Å². The molecule has 0 amide bonds. The maximum absolute atomic E-state index is 11.8. The summed E-state index contributed by atoms with van der Waals surface area (Å²) >= 11 is 1.71. The lowest BCUT2D eigenvalue weighted by Gasteiger charge is -2.23. The van der Waals surface area contributed by atoms with Crippen LogP contribution in [0.3, 0.4) is 0 Å². The average Bonchev–Trinajstić information content (AvgIpc) is 2.80. The fraction of sp³-hybridized carbons (Fsp3) is 0.692. The van der Waals surface area contributed by atoms with Crippen molar-refractivity contribution in [3.63, 3.8) is 0 Å². The van der Waals surface area contributed by atoms with Crippen LogP contribution in [0.1, 0.15) is 25.1 Å². The van der Waals surface area contributed by atoms with E-state index >= 15 is 0 Å². The van der Waals surface area contributed by atoms with Crippen LogP contribution in [0.25, 0.3) is 0 Å². The Labute approximate surface area is 116 Å². The van der Waals surface area contributed by atoms with E-state index in [1.165, 1.54) is 4.88 Å².